The van der Waals surface area contributed by atoms with E-state index in [0.717, 1.165) is 6.20 Å². The van der Waals surface area contributed by atoms with Gasteiger partial charge in [-0.05, 0) is 12.1 Å². The number of H-pyrrole nitrogens is 1. The Kier molecular flexibility index (Phi) is 4.94. The van der Waals surface area contributed by atoms with Gasteiger partial charge in [0.25, 0.3) is 10.0 Å². The molecule has 0 saturated heterocycles. The van der Waals surface area contributed by atoms with Gasteiger partial charge in [-0.3, -0.25) is 9.40 Å². The number of halogens is 2. The fourth-order valence-electron chi connectivity index (χ4n) is 2.34. The van der Waals surface area contributed by atoms with Gasteiger partial charge in [-0.15, -0.1) is 0 Å². The molecule has 0 atom stereocenters. The lowest BCUT2D eigenvalue weighted by Gasteiger charge is -2.11. The molecule has 11 heteroatoms. The van der Waals surface area contributed by atoms with Crippen LogP contribution in [0.1, 0.15) is 6.04 Å². The fraction of sp³-hybridized carbons (Fsp3) is 0.214. The number of rotatable bonds is 6. The number of anilines is 1. The summed E-state index contributed by atoms with van der Waals surface area (Å²) in [4.78, 5) is 2.77. The van der Waals surface area contributed by atoms with E-state index >= 15 is 0 Å². The number of aromatic amines is 1. The maximum atomic E-state index is 12.6. The van der Waals surface area contributed by atoms with Gasteiger partial charge in [0.1, 0.15) is 4.90 Å². The van der Waals surface area contributed by atoms with Crippen LogP contribution in [0.2, 0.25) is 10.0 Å². The Balaban J connectivity index is 1.96. The predicted molar refractivity (Wildman–Crippen MR) is 94.6 cm³/mol. The van der Waals surface area contributed by atoms with E-state index in [1.165, 1.54) is 23.1 Å². The Hall–Kier alpha value is -1.78. The van der Waals surface area contributed by atoms with Crippen LogP contribution in [0.3, 0.4) is 0 Å². The third kappa shape index (κ3) is 3.33. The number of fused-ring (bicyclic) bond motifs is 1. The van der Waals surface area contributed by atoms with Crippen molar-refractivity contribution in [2.45, 2.75) is 10.9 Å². The molecule has 4 N–H and O–H groups in total. The van der Waals surface area contributed by atoms with Crippen molar-refractivity contribution in [3.8, 4) is 0 Å². The highest BCUT2D eigenvalue weighted by atomic mass is 35.5. The molecule has 3 rings (SSSR count). The minimum absolute atomic E-state index is 0.111. The molecule has 0 unspecified atom stereocenters. The fourth-order valence-corrected chi connectivity index (χ4v) is 3.91. The number of aliphatic hydroxyl groups is 2. The van der Waals surface area contributed by atoms with Crippen molar-refractivity contribution in [1.29, 1.82) is 0 Å². The largest absolute Gasteiger partial charge is 0.394 e. The third-order valence-electron chi connectivity index (χ3n) is 3.66. The zero-order valence-electron chi connectivity index (χ0n) is 12.6. The maximum absolute atomic E-state index is 12.6. The van der Waals surface area contributed by atoms with Crippen molar-refractivity contribution in [3.63, 3.8) is 0 Å². The van der Waals surface area contributed by atoms with Crippen molar-refractivity contribution in [2.75, 3.05) is 17.9 Å². The number of aromatic nitrogens is 3. The molecule has 0 aliphatic carbocycles. The van der Waals surface area contributed by atoms with E-state index in [1.54, 1.807) is 6.07 Å². The van der Waals surface area contributed by atoms with Gasteiger partial charge in [0.05, 0.1) is 46.7 Å². The Morgan fingerprint density at radius 2 is 1.96 bits per heavy atom. The predicted octanol–water partition coefficient (Wildman–Crippen LogP) is 2.00. The van der Waals surface area contributed by atoms with Crippen LogP contribution in [0.4, 0.5) is 5.69 Å². The third-order valence-corrected chi connectivity index (χ3v) is 5.60. The van der Waals surface area contributed by atoms with Crippen molar-refractivity contribution in [3.05, 3.63) is 40.8 Å². The molecule has 0 aliphatic heterocycles. The van der Waals surface area contributed by atoms with E-state index in [9.17, 15) is 8.42 Å². The van der Waals surface area contributed by atoms with Crippen molar-refractivity contribution in [1.82, 2.24) is 14.8 Å². The van der Waals surface area contributed by atoms with Gasteiger partial charge in [0, 0.05) is 17.8 Å². The highest BCUT2D eigenvalue weighted by Gasteiger charge is 2.21. The summed E-state index contributed by atoms with van der Waals surface area (Å²) in [5.74, 6) is 0. The van der Waals surface area contributed by atoms with Crippen LogP contribution in [0.25, 0.3) is 10.9 Å². The monoisotopic (exact) mass is 404 g/mol. The normalized spacial score (nSPS) is 12.2. The van der Waals surface area contributed by atoms with Crippen molar-refractivity contribution in [2.24, 2.45) is 0 Å². The van der Waals surface area contributed by atoms with Gasteiger partial charge in [-0.2, -0.15) is 5.10 Å². The van der Waals surface area contributed by atoms with Crippen LogP contribution < -0.4 is 4.72 Å². The van der Waals surface area contributed by atoms with Crippen LogP contribution in [0.15, 0.2) is 35.6 Å². The zero-order chi connectivity index (χ0) is 18.2. The van der Waals surface area contributed by atoms with Gasteiger partial charge in [-0.25, -0.2) is 8.42 Å². The number of sulfonamides is 1. The number of hydrogen-bond acceptors (Lipinski definition) is 5. The van der Waals surface area contributed by atoms with Crippen LogP contribution in [0, 0.1) is 0 Å². The van der Waals surface area contributed by atoms with E-state index in [2.05, 4.69) is 14.8 Å². The van der Waals surface area contributed by atoms with Crippen LogP contribution >= 0.6 is 23.2 Å². The molecular formula is C14H14Cl2N4O4S. The van der Waals surface area contributed by atoms with Gasteiger partial charge < -0.3 is 15.2 Å². The summed E-state index contributed by atoms with van der Waals surface area (Å²) >= 11 is 12.1. The van der Waals surface area contributed by atoms with Gasteiger partial charge in [0.15, 0.2) is 0 Å². The summed E-state index contributed by atoms with van der Waals surface area (Å²) in [5, 5.41) is 23.5. The molecule has 0 amide bonds. The summed E-state index contributed by atoms with van der Waals surface area (Å²) < 4.78 is 28.8. The second-order valence-electron chi connectivity index (χ2n) is 5.26. The Morgan fingerprint density at radius 1 is 1.24 bits per heavy atom. The van der Waals surface area contributed by atoms with E-state index in [-0.39, 0.29) is 23.8 Å². The van der Waals surface area contributed by atoms with Gasteiger partial charge in [-0.1, -0.05) is 23.2 Å². The average Bonchev–Trinajstić information content (AvgIpc) is 3.20. The number of benzene rings is 1. The van der Waals surface area contributed by atoms with E-state index in [4.69, 9.17) is 33.4 Å². The number of nitrogens with zero attached hydrogens (tertiary/aromatic N) is 2. The second kappa shape index (κ2) is 6.85. The number of nitrogens with one attached hydrogen (secondary N) is 2. The lowest BCUT2D eigenvalue weighted by atomic mass is 10.2. The molecule has 0 radical (unpaired) electrons. The number of aliphatic hydroxyl groups excluding tert-OH is 2. The Labute approximate surface area is 153 Å². The van der Waals surface area contributed by atoms with E-state index < -0.39 is 16.1 Å². The molecule has 1 aromatic carbocycles. The summed E-state index contributed by atoms with van der Waals surface area (Å²) in [6.45, 7) is -0.742. The minimum Gasteiger partial charge on any atom is -0.394 e. The second-order valence-corrected chi connectivity index (χ2v) is 7.76. The summed E-state index contributed by atoms with van der Waals surface area (Å²) in [7, 11) is -3.94. The topological polar surface area (TPSA) is 120 Å². The highest BCUT2D eigenvalue weighted by molar-refractivity contribution is 7.92. The molecule has 0 fully saturated rings. The minimum atomic E-state index is -3.94. The smallest absolute Gasteiger partial charge is 0.265 e. The first kappa shape index (κ1) is 18.0. The lowest BCUT2D eigenvalue weighted by Crippen LogP contribution is -2.18. The van der Waals surface area contributed by atoms with Crippen LogP contribution in [-0.4, -0.2) is 46.6 Å². The molecule has 134 valence electrons. The molecule has 8 nitrogen and oxygen atoms in total. The maximum Gasteiger partial charge on any atom is 0.265 e. The summed E-state index contributed by atoms with van der Waals surface area (Å²) in [6.07, 6.45) is 3.88. The van der Waals surface area contributed by atoms with Gasteiger partial charge >= 0.3 is 0 Å². The molecule has 2 aromatic heterocycles. The molecule has 25 heavy (non-hydrogen) atoms. The average molecular weight is 405 g/mol. The summed E-state index contributed by atoms with van der Waals surface area (Å²) in [5.41, 5.74) is 0.733. The molecule has 3 aromatic rings. The SMILES string of the molecule is O=S(=O)(Nc1ccc(Cl)c2c(Cl)c[nH]c12)c1cnn(C(CO)CO)c1. The molecule has 2 heterocycles. The first-order valence-corrected chi connectivity index (χ1v) is 9.35. The molecule has 0 bridgehead atoms. The van der Waals surface area contributed by atoms with Crippen molar-refractivity contribution < 1.29 is 18.6 Å². The summed E-state index contributed by atoms with van der Waals surface area (Å²) in [6, 6.07) is 2.34. The standard InChI is InChI=1S/C14H14Cl2N4O4S/c15-10-1-2-12(14-13(10)11(16)4-17-14)19-25(23,24)9-3-18-20(5-9)8(6-21)7-22/h1-5,8,17,19,21-22H,6-7H2. The molecular weight excluding hydrogens is 391 g/mol. The molecule has 0 aliphatic rings. The molecule has 0 spiro atoms. The van der Waals surface area contributed by atoms with Crippen LogP contribution in [0.5, 0.6) is 0 Å². The van der Waals surface area contributed by atoms with Gasteiger partial charge in [0.2, 0.25) is 0 Å². The van der Waals surface area contributed by atoms with Crippen molar-refractivity contribution >= 4 is 49.8 Å². The van der Waals surface area contributed by atoms with E-state index in [1.807, 2.05) is 0 Å². The molecule has 0 saturated carbocycles. The quantitative estimate of drug-likeness (QED) is 0.500. The number of hydrogen-bond donors (Lipinski definition) is 4. The first-order chi connectivity index (χ1) is 11.9. The highest BCUT2D eigenvalue weighted by Crippen LogP contribution is 2.35. The van der Waals surface area contributed by atoms with E-state index in [0.29, 0.717) is 20.9 Å². The lowest BCUT2D eigenvalue weighted by molar-refractivity contribution is 0.146. The Morgan fingerprint density at radius 3 is 2.64 bits per heavy atom. The zero-order valence-corrected chi connectivity index (χ0v) is 15.0. The first-order valence-electron chi connectivity index (χ1n) is 7.11. The van der Waals surface area contributed by atoms with Crippen LogP contribution in [-0.2, 0) is 10.0 Å². The Bertz CT molecular complexity index is 1010.